The summed E-state index contributed by atoms with van der Waals surface area (Å²) in [5, 5.41) is 4.25. The molecule has 1 rings (SSSR count). The van der Waals surface area contributed by atoms with Crippen molar-refractivity contribution in [1.29, 1.82) is 0 Å². The van der Waals surface area contributed by atoms with E-state index < -0.39 is 5.91 Å². The lowest BCUT2D eigenvalue weighted by molar-refractivity contribution is 0.0991. The van der Waals surface area contributed by atoms with Crippen molar-refractivity contribution in [3.8, 4) is 0 Å². The van der Waals surface area contributed by atoms with Gasteiger partial charge in [-0.15, -0.1) is 0 Å². The van der Waals surface area contributed by atoms with Crippen molar-refractivity contribution in [1.82, 2.24) is 9.78 Å². The Morgan fingerprint density at radius 2 is 2.08 bits per heavy atom. The molecule has 0 aromatic carbocycles. The molecule has 0 unspecified atom stereocenters. The minimum atomic E-state index is -0.417. The lowest BCUT2D eigenvalue weighted by Gasteiger charge is -2.00. The van der Waals surface area contributed by atoms with E-state index in [4.69, 9.17) is 5.73 Å². The van der Waals surface area contributed by atoms with Crippen LogP contribution in [-0.2, 0) is 7.05 Å². The molecule has 0 fully saturated rings. The number of amides is 1. The standard InChI is InChI=1S/C9H15N3O/c1-5(2)7-6(3)8(9(10)13)12(4)11-7/h5H,1-4H3,(H2,10,13). The summed E-state index contributed by atoms with van der Waals surface area (Å²) in [6.45, 7) is 5.96. The first-order valence-corrected chi connectivity index (χ1v) is 4.28. The Balaban J connectivity index is 3.30. The van der Waals surface area contributed by atoms with E-state index in [1.165, 1.54) is 0 Å². The SMILES string of the molecule is Cc1c(C(C)C)nn(C)c1C(N)=O. The Morgan fingerprint density at radius 3 is 2.31 bits per heavy atom. The minimum Gasteiger partial charge on any atom is -0.364 e. The van der Waals surface area contributed by atoms with Gasteiger partial charge in [0.15, 0.2) is 0 Å². The van der Waals surface area contributed by atoms with Gasteiger partial charge in [0.1, 0.15) is 5.69 Å². The van der Waals surface area contributed by atoms with Crippen LogP contribution in [0, 0.1) is 6.92 Å². The molecule has 0 saturated carbocycles. The molecule has 0 radical (unpaired) electrons. The van der Waals surface area contributed by atoms with E-state index in [9.17, 15) is 4.79 Å². The van der Waals surface area contributed by atoms with Crippen molar-refractivity contribution >= 4 is 5.91 Å². The maximum atomic E-state index is 11.0. The molecule has 2 N–H and O–H groups in total. The van der Waals surface area contributed by atoms with Gasteiger partial charge in [0, 0.05) is 12.6 Å². The Labute approximate surface area is 77.7 Å². The van der Waals surface area contributed by atoms with Crippen molar-refractivity contribution in [2.24, 2.45) is 12.8 Å². The Kier molecular flexibility index (Phi) is 2.40. The quantitative estimate of drug-likeness (QED) is 0.738. The third-order valence-electron chi connectivity index (χ3n) is 2.10. The summed E-state index contributed by atoms with van der Waals surface area (Å²) in [4.78, 5) is 11.0. The zero-order valence-electron chi connectivity index (χ0n) is 8.46. The zero-order chi connectivity index (χ0) is 10.2. The average molecular weight is 181 g/mol. The number of nitrogens with two attached hydrogens (primary N) is 1. The van der Waals surface area contributed by atoms with Gasteiger partial charge in [0.25, 0.3) is 5.91 Å². The van der Waals surface area contributed by atoms with Crippen molar-refractivity contribution in [2.75, 3.05) is 0 Å². The van der Waals surface area contributed by atoms with Crippen LogP contribution in [0.5, 0.6) is 0 Å². The van der Waals surface area contributed by atoms with Crippen molar-refractivity contribution in [3.63, 3.8) is 0 Å². The van der Waals surface area contributed by atoms with Crippen molar-refractivity contribution in [2.45, 2.75) is 26.7 Å². The third kappa shape index (κ3) is 1.56. The van der Waals surface area contributed by atoms with E-state index in [2.05, 4.69) is 5.10 Å². The number of aryl methyl sites for hydroxylation is 1. The van der Waals surface area contributed by atoms with E-state index in [-0.39, 0.29) is 0 Å². The Hall–Kier alpha value is -1.32. The monoisotopic (exact) mass is 181 g/mol. The summed E-state index contributed by atoms with van der Waals surface area (Å²) in [5.41, 5.74) is 7.57. The molecule has 0 aliphatic rings. The fourth-order valence-corrected chi connectivity index (χ4v) is 1.54. The summed E-state index contributed by atoms with van der Waals surface area (Å²) in [7, 11) is 1.74. The predicted molar refractivity (Wildman–Crippen MR) is 50.6 cm³/mol. The molecule has 13 heavy (non-hydrogen) atoms. The molecule has 0 aliphatic heterocycles. The first-order valence-electron chi connectivity index (χ1n) is 4.28. The number of carbonyl (C=O) groups is 1. The summed E-state index contributed by atoms with van der Waals surface area (Å²) < 4.78 is 1.55. The van der Waals surface area contributed by atoms with Crippen LogP contribution in [0.1, 0.15) is 41.5 Å². The van der Waals surface area contributed by atoms with Gasteiger partial charge in [-0.25, -0.2) is 0 Å². The topological polar surface area (TPSA) is 60.9 Å². The lowest BCUT2D eigenvalue weighted by atomic mass is 10.1. The average Bonchev–Trinajstić information content (AvgIpc) is 2.26. The molecule has 0 saturated heterocycles. The van der Waals surface area contributed by atoms with Gasteiger partial charge in [-0.1, -0.05) is 13.8 Å². The molecule has 1 aromatic rings. The number of nitrogens with zero attached hydrogens (tertiary/aromatic N) is 2. The van der Waals surface area contributed by atoms with Crippen molar-refractivity contribution < 1.29 is 4.79 Å². The van der Waals surface area contributed by atoms with Crippen LogP contribution in [0.3, 0.4) is 0 Å². The molecule has 0 bridgehead atoms. The van der Waals surface area contributed by atoms with Crippen molar-refractivity contribution in [3.05, 3.63) is 17.0 Å². The van der Waals surface area contributed by atoms with E-state index in [0.717, 1.165) is 11.3 Å². The highest BCUT2D eigenvalue weighted by atomic mass is 16.1. The van der Waals surface area contributed by atoms with Gasteiger partial charge in [-0.3, -0.25) is 9.48 Å². The van der Waals surface area contributed by atoms with Crippen LogP contribution >= 0.6 is 0 Å². The zero-order valence-corrected chi connectivity index (χ0v) is 8.46. The fraction of sp³-hybridized carbons (Fsp3) is 0.556. The van der Waals surface area contributed by atoms with Gasteiger partial charge in [-0.2, -0.15) is 5.10 Å². The van der Waals surface area contributed by atoms with Crippen LogP contribution < -0.4 is 5.73 Å². The second kappa shape index (κ2) is 3.20. The molecule has 72 valence electrons. The number of primary amides is 1. The molecular formula is C9H15N3O. The first-order chi connectivity index (χ1) is 5.95. The van der Waals surface area contributed by atoms with E-state index in [0.29, 0.717) is 11.6 Å². The maximum absolute atomic E-state index is 11.0. The largest absolute Gasteiger partial charge is 0.364 e. The normalized spacial score (nSPS) is 10.8. The predicted octanol–water partition coefficient (Wildman–Crippen LogP) is 0.951. The highest BCUT2D eigenvalue weighted by Gasteiger charge is 2.17. The van der Waals surface area contributed by atoms with E-state index >= 15 is 0 Å². The van der Waals surface area contributed by atoms with E-state index in [1.807, 2.05) is 20.8 Å². The summed E-state index contributed by atoms with van der Waals surface area (Å²) in [5.74, 6) is -0.0984. The van der Waals surface area contributed by atoms with Gasteiger partial charge in [0.2, 0.25) is 0 Å². The fourth-order valence-electron chi connectivity index (χ4n) is 1.54. The van der Waals surface area contributed by atoms with Gasteiger partial charge < -0.3 is 5.73 Å². The molecule has 1 amide bonds. The molecular weight excluding hydrogens is 166 g/mol. The number of hydrogen-bond acceptors (Lipinski definition) is 2. The molecule has 0 atom stereocenters. The number of aromatic nitrogens is 2. The molecule has 4 heteroatoms. The molecule has 0 spiro atoms. The second-order valence-electron chi connectivity index (χ2n) is 3.50. The molecule has 0 aliphatic carbocycles. The Bertz CT molecular complexity index is 339. The minimum absolute atomic E-state index is 0.319. The van der Waals surface area contributed by atoms with Crippen LogP contribution in [0.2, 0.25) is 0 Å². The summed E-state index contributed by atoms with van der Waals surface area (Å²) >= 11 is 0. The second-order valence-corrected chi connectivity index (χ2v) is 3.50. The molecule has 1 heterocycles. The van der Waals surface area contributed by atoms with Crippen LogP contribution in [-0.4, -0.2) is 15.7 Å². The number of hydrogen-bond donors (Lipinski definition) is 1. The van der Waals surface area contributed by atoms with Gasteiger partial charge in [-0.05, 0) is 12.8 Å². The summed E-state index contributed by atoms with van der Waals surface area (Å²) in [6.07, 6.45) is 0. The first kappa shape index (κ1) is 9.77. The van der Waals surface area contributed by atoms with E-state index in [1.54, 1.807) is 11.7 Å². The third-order valence-corrected chi connectivity index (χ3v) is 2.10. The molecule has 4 nitrogen and oxygen atoms in total. The van der Waals surface area contributed by atoms with Crippen LogP contribution in [0.15, 0.2) is 0 Å². The smallest absolute Gasteiger partial charge is 0.267 e. The summed E-state index contributed by atoms with van der Waals surface area (Å²) in [6, 6.07) is 0. The number of rotatable bonds is 2. The van der Waals surface area contributed by atoms with Crippen LogP contribution in [0.4, 0.5) is 0 Å². The van der Waals surface area contributed by atoms with Gasteiger partial charge >= 0.3 is 0 Å². The maximum Gasteiger partial charge on any atom is 0.267 e. The Morgan fingerprint density at radius 1 is 1.54 bits per heavy atom. The van der Waals surface area contributed by atoms with Crippen LogP contribution in [0.25, 0.3) is 0 Å². The lowest BCUT2D eigenvalue weighted by Crippen LogP contribution is -2.16. The molecule has 1 aromatic heterocycles. The van der Waals surface area contributed by atoms with Gasteiger partial charge in [0.05, 0.1) is 5.69 Å². The highest BCUT2D eigenvalue weighted by Crippen LogP contribution is 2.19. The highest BCUT2D eigenvalue weighted by molar-refractivity contribution is 5.92. The number of carbonyl (C=O) groups excluding carboxylic acids is 1.